The van der Waals surface area contributed by atoms with Crippen molar-refractivity contribution in [2.75, 3.05) is 26.7 Å². The van der Waals surface area contributed by atoms with E-state index in [-0.39, 0.29) is 15.7 Å². The number of halogens is 1. The van der Waals surface area contributed by atoms with Crippen LogP contribution in [0.25, 0.3) is 0 Å². The van der Waals surface area contributed by atoms with Crippen molar-refractivity contribution in [3.05, 3.63) is 16.5 Å². The Morgan fingerprint density at radius 3 is 2.95 bits per heavy atom. The summed E-state index contributed by atoms with van der Waals surface area (Å²) in [7, 11) is -1.77. The van der Waals surface area contributed by atoms with E-state index in [1.165, 1.54) is 4.31 Å². The second-order valence-corrected chi connectivity index (χ2v) is 7.05. The predicted molar refractivity (Wildman–Crippen MR) is 73.3 cm³/mol. The van der Waals surface area contributed by atoms with Gasteiger partial charge in [-0.25, -0.2) is 8.42 Å². The smallest absolute Gasteiger partial charge is 0.247 e. The maximum absolute atomic E-state index is 12.5. The molecular weight excluding hydrogens is 336 g/mol. The van der Waals surface area contributed by atoms with Gasteiger partial charge in [0.15, 0.2) is 4.67 Å². The Labute approximate surface area is 121 Å². The molecule has 1 aliphatic heterocycles. The molecule has 8 heteroatoms. The molecule has 1 fully saturated rings. The van der Waals surface area contributed by atoms with Gasteiger partial charge in [0.25, 0.3) is 0 Å². The molecule has 0 spiro atoms. The second-order valence-electron chi connectivity index (χ2n) is 4.43. The zero-order valence-electron chi connectivity index (χ0n) is 10.8. The number of nitrogens with one attached hydrogen (secondary N) is 1. The number of morpholine rings is 1. The first-order valence-electron chi connectivity index (χ1n) is 5.99. The quantitative estimate of drug-likeness (QED) is 0.880. The van der Waals surface area contributed by atoms with E-state index in [2.05, 4.69) is 21.2 Å². The van der Waals surface area contributed by atoms with Gasteiger partial charge in [-0.15, -0.1) is 0 Å². The van der Waals surface area contributed by atoms with Crippen molar-refractivity contribution in [3.63, 3.8) is 0 Å². The Balaban J connectivity index is 2.28. The van der Waals surface area contributed by atoms with Crippen LogP contribution in [0.3, 0.4) is 0 Å². The summed E-state index contributed by atoms with van der Waals surface area (Å²) < 4.78 is 37.5. The van der Waals surface area contributed by atoms with Crippen molar-refractivity contribution in [1.29, 1.82) is 0 Å². The molecule has 19 heavy (non-hydrogen) atoms. The average molecular weight is 353 g/mol. The van der Waals surface area contributed by atoms with Crippen LogP contribution in [0.5, 0.6) is 0 Å². The lowest BCUT2D eigenvalue weighted by Crippen LogP contribution is -2.44. The van der Waals surface area contributed by atoms with Crippen LogP contribution < -0.4 is 5.32 Å². The Morgan fingerprint density at radius 1 is 1.58 bits per heavy atom. The van der Waals surface area contributed by atoms with Gasteiger partial charge in [0.1, 0.15) is 10.7 Å². The van der Waals surface area contributed by atoms with Crippen LogP contribution in [-0.2, 0) is 21.3 Å². The van der Waals surface area contributed by atoms with Crippen LogP contribution >= 0.6 is 15.9 Å². The minimum absolute atomic E-state index is 0.0917. The zero-order valence-corrected chi connectivity index (χ0v) is 13.3. The highest BCUT2D eigenvalue weighted by Gasteiger charge is 2.32. The lowest BCUT2D eigenvalue weighted by atomic mass is 10.3. The van der Waals surface area contributed by atoms with Crippen LogP contribution in [0.15, 0.2) is 20.0 Å². The van der Waals surface area contributed by atoms with Crippen molar-refractivity contribution in [3.8, 4) is 0 Å². The first-order chi connectivity index (χ1) is 8.95. The third kappa shape index (κ3) is 3.19. The van der Waals surface area contributed by atoms with E-state index in [0.717, 1.165) is 0 Å². The van der Waals surface area contributed by atoms with Gasteiger partial charge in [-0.05, 0) is 29.9 Å². The fourth-order valence-corrected chi connectivity index (χ4v) is 4.44. The summed E-state index contributed by atoms with van der Waals surface area (Å²) in [5.74, 6) is 0.578. The van der Waals surface area contributed by atoms with Gasteiger partial charge in [0.05, 0.1) is 19.3 Å². The fourth-order valence-electron chi connectivity index (χ4n) is 1.98. The summed E-state index contributed by atoms with van der Waals surface area (Å²) in [6.45, 7) is 3.48. The number of hydrogen-bond donors (Lipinski definition) is 1. The SMILES string of the molecule is CNCc1cc(S(=O)(=O)N2CCOC(C)C2)c(Br)o1. The molecule has 2 heterocycles. The van der Waals surface area contributed by atoms with Crippen LogP contribution in [0.1, 0.15) is 12.7 Å². The molecule has 0 amide bonds. The molecule has 0 aromatic carbocycles. The zero-order chi connectivity index (χ0) is 14.0. The van der Waals surface area contributed by atoms with E-state index in [0.29, 0.717) is 32.0 Å². The van der Waals surface area contributed by atoms with Crippen LogP contribution in [0, 0.1) is 0 Å². The molecule has 0 saturated carbocycles. The molecule has 0 bridgehead atoms. The molecule has 1 atom stereocenters. The van der Waals surface area contributed by atoms with Gasteiger partial charge in [0, 0.05) is 19.2 Å². The van der Waals surface area contributed by atoms with E-state index in [9.17, 15) is 8.42 Å². The summed E-state index contributed by atoms with van der Waals surface area (Å²) in [6.07, 6.45) is -0.0917. The minimum atomic E-state index is -3.54. The summed E-state index contributed by atoms with van der Waals surface area (Å²) in [4.78, 5) is 0.173. The van der Waals surface area contributed by atoms with Crippen LogP contribution in [0.4, 0.5) is 0 Å². The number of hydrogen-bond acceptors (Lipinski definition) is 5. The number of furan rings is 1. The Morgan fingerprint density at radius 2 is 2.32 bits per heavy atom. The lowest BCUT2D eigenvalue weighted by molar-refractivity contribution is 0.0101. The first-order valence-corrected chi connectivity index (χ1v) is 8.23. The maximum Gasteiger partial charge on any atom is 0.247 e. The van der Waals surface area contributed by atoms with Gasteiger partial charge >= 0.3 is 0 Å². The molecule has 1 saturated heterocycles. The molecule has 108 valence electrons. The van der Waals surface area contributed by atoms with Crippen LogP contribution in [0.2, 0.25) is 0 Å². The average Bonchev–Trinajstić information content (AvgIpc) is 2.71. The van der Waals surface area contributed by atoms with Crippen LogP contribution in [-0.4, -0.2) is 45.6 Å². The molecule has 0 aliphatic carbocycles. The Bertz CT molecular complexity index is 543. The number of nitrogens with zero attached hydrogens (tertiary/aromatic N) is 1. The third-order valence-corrected chi connectivity index (χ3v) is 5.60. The predicted octanol–water partition coefficient (Wildman–Crippen LogP) is 1.17. The molecule has 1 aliphatic rings. The number of sulfonamides is 1. The lowest BCUT2D eigenvalue weighted by Gasteiger charge is -2.29. The van der Waals surface area contributed by atoms with Gasteiger partial charge in [-0.3, -0.25) is 0 Å². The fraction of sp³-hybridized carbons (Fsp3) is 0.636. The highest BCUT2D eigenvalue weighted by Crippen LogP contribution is 2.29. The van der Waals surface area contributed by atoms with Crippen molar-refractivity contribution in [2.45, 2.75) is 24.5 Å². The van der Waals surface area contributed by atoms with Crippen molar-refractivity contribution in [2.24, 2.45) is 0 Å². The topological polar surface area (TPSA) is 71.8 Å². The van der Waals surface area contributed by atoms with E-state index in [1.807, 2.05) is 6.92 Å². The molecule has 0 radical (unpaired) electrons. The van der Waals surface area contributed by atoms with E-state index in [1.54, 1.807) is 13.1 Å². The van der Waals surface area contributed by atoms with Gasteiger partial charge in [-0.2, -0.15) is 4.31 Å². The van der Waals surface area contributed by atoms with Gasteiger partial charge in [0.2, 0.25) is 10.0 Å². The summed E-state index contributed by atoms with van der Waals surface area (Å²) in [5.41, 5.74) is 0. The van der Waals surface area contributed by atoms with E-state index < -0.39 is 10.0 Å². The van der Waals surface area contributed by atoms with E-state index >= 15 is 0 Å². The van der Waals surface area contributed by atoms with Crippen molar-refractivity contribution >= 4 is 26.0 Å². The number of ether oxygens (including phenoxy) is 1. The first kappa shape index (κ1) is 15.0. The summed E-state index contributed by atoms with van der Waals surface area (Å²) in [6, 6.07) is 1.55. The molecule has 1 aromatic heterocycles. The van der Waals surface area contributed by atoms with E-state index in [4.69, 9.17) is 9.15 Å². The molecule has 2 rings (SSSR count). The molecule has 1 aromatic rings. The van der Waals surface area contributed by atoms with Crippen molar-refractivity contribution in [1.82, 2.24) is 9.62 Å². The second kappa shape index (κ2) is 5.92. The maximum atomic E-state index is 12.5. The largest absolute Gasteiger partial charge is 0.452 e. The normalized spacial score (nSPS) is 21.7. The third-order valence-electron chi connectivity index (χ3n) is 2.88. The Kier molecular flexibility index (Phi) is 4.67. The minimum Gasteiger partial charge on any atom is -0.452 e. The van der Waals surface area contributed by atoms with Gasteiger partial charge < -0.3 is 14.5 Å². The molecule has 1 N–H and O–H groups in total. The Hall–Kier alpha value is -0.410. The summed E-state index contributed by atoms with van der Waals surface area (Å²) in [5, 5.41) is 2.92. The molecule has 6 nitrogen and oxygen atoms in total. The standard InChI is InChI=1S/C11H17BrN2O4S/c1-8-7-14(3-4-17-8)19(15,16)10-5-9(6-13-2)18-11(10)12/h5,8,13H,3-4,6-7H2,1-2H3. The molecular formula is C11H17BrN2O4S. The monoisotopic (exact) mass is 352 g/mol. The summed E-state index contributed by atoms with van der Waals surface area (Å²) >= 11 is 3.17. The highest BCUT2D eigenvalue weighted by molar-refractivity contribution is 9.10. The number of rotatable bonds is 4. The van der Waals surface area contributed by atoms with Gasteiger partial charge in [-0.1, -0.05) is 0 Å². The highest BCUT2D eigenvalue weighted by atomic mass is 79.9. The van der Waals surface area contributed by atoms with Crippen molar-refractivity contribution < 1.29 is 17.6 Å². The molecule has 1 unspecified atom stereocenters.